The van der Waals surface area contributed by atoms with E-state index < -0.39 is 0 Å². The van der Waals surface area contributed by atoms with Gasteiger partial charge in [-0.05, 0) is 36.1 Å². The number of fused-ring (bicyclic) bond motifs is 2. The molecule has 5 nitrogen and oxygen atoms in total. The number of halogens is 2. The molecule has 0 fully saturated rings. The van der Waals surface area contributed by atoms with Crippen molar-refractivity contribution in [2.45, 2.75) is 31.9 Å². The fourth-order valence-corrected chi connectivity index (χ4v) is 3.86. The number of guanidine groups is 1. The summed E-state index contributed by atoms with van der Waals surface area (Å²) in [5.74, 6) is 1.60. The molecular formula is C21H25FIN3O2. The maximum atomic E-state index is 13.9. The second-order valence-electron chi connectivity index (χ2n) is 6.90. The van der Waals surface area contributed by atoms with Crippen molar-refractivity contribution < 1.29 is 13.9 Å². The summed E-state index contributed by atoms with van der Waals surface area (Å²) in [6.07, 6.45) is 2.28. The number of aliphatic imine (C=N–C) groups is 1. The van der Waals surface area contributed by atoms with E-state index in [2.05, 4.69) is 39.9 Å². The normalized spacial score (nSPS) is 17.8. The molecule has 2 N–H and O–H groups in total. The van der Waals surface area contributed by atoms with Crippen LogP contribution >= 0.6 is 24.0 Å². The van der Waals surface area contributed by atoms with Crippen molar-refractivity contribution in [1.82, 2.24) is 10.6 Å². The van der Waals surface area contributed by atoms with E-state index in [4.69, 9.17) is 9.47 Å². The molecule has 1 atom stereocenters. The smallest absolute Gasteiger partial charge is 0.191 e. The Morgan fingerprint density at radius 3 is 2.93 bits per heavy atom. The van der Waals surface area contributed by atoms with E-state index in [9.17, 15) is 4.39 Å². The zero-order valence-corrected chi connectivity index (χ0v) is 18.2. The lowest BCUT2D eigenvalue weighted by Gasteiger charge is -2.22. The van der Waals surface area contributed by atoms with Crippen LogP contribution in [0.15, 0.2) is 41.4 Å². The molecule has 4 rings (SSSR count). The highest BCUT2D eigenvalue weighted by atomic mass is 127. The van der Waals surface area contributed by atoms with Crippen molar-refractivity contribution in [2.24, 2.45) is 4.99 Å². The number of hydrogen-bond acceptors (Lipinski definition) is 3. The summed E-state index contributed by atoms with van der Waals surface area (Å²) in [6.45, 7) is 1.82. The maximum Gasteiger partial charge on any atom is 0.191 e. The van der Waals surface area contributed by atoms with Gasteiger partial charge in [-0.1, -0.05) is 24.3 Å². The molecule has 1 heterocycles. The molecule has 1 aliphatic heterocycles. The lowest BCUT2D eigenvalue weighted by molar-refractivity contribution is -0.0172. The van der Waals surface area contributed by atoms with Crippen LogP contribution in [0.25, 0.3) is 0 Å². The van der Waals surface area contributed by atoms with Crippen LogP contribution in [-0.2, 0) is 24.3 Å². The Balaban J connectivity index is 0.00000225. The molecule has 1 unspecified atom stereocenters. The van der Waals surface area contributed by atoms with Crippen molar-refractivity contribution in [3.05, 3.63) is 64.5 Å². The lowest BCUT2D eigenvalue weighted by atomic mass is 10.0. The molecular weight excluding hydrogens is 472 g/mol. The van der Waals surface area contributed by atoms with Gasteiger partial charge in [-0.25, -0.2) is 4.39 Å². The fraction of sp³-hybridized carbons (Fsp3) is 0.381. The molecule has 0 radical (unpaired) electrons. The van der Waals surface area contributed by atoms with Crippen LogP contribution in [0, 0.1) is 5.82 Å². The van der Waals surface area contributed by atoms with Crippen LogP contribution in [0.1, 0.15) is 34.6 Å². The van der Waals surface area contributed by atoms with Gasteiger partial charge in [0.1, 0.15) is 11.6 Å². The van der Waals surface area contributed by atoms with Crippen LogP contribution in [0.4, 0.5) is 4.39 Å². The number of benzene rings is 2. The van der Waals surface area contributed by atoms with Gasteiger partial charge in [-0.2, -0.15) is 0 Å². The molecule has 2 aromatic rings. The predicted octanol–water partition coefficient (Wildman–Crippen LogP) is 3.71. The number of nitrogens with one attached hydrogen (secondary N) is 2. The molecule has 0 saturated carbocycles. The number of rotatable bonds is 4. The largest absolute Gasteiger partial charge is 0.467 e. The van der Waals surface area contributed by atoms with Crippen LogP contribution in [0.2, 0.25) is 0 Å². The number of nitrogens with zero attached hydrogens (tertiary/aromatic N) is 1. The van der Waals surface area contributed by atoms with Crippen molar-refractivity contribution in [3.63, 3.8) is 0 Å². The summed E-state index contributed by atoms with van der Waals surface area (Å²) in [5.41, 5.74) is 4.37. The molecule has 2 aliphatic rings. The second-order valence-corrected chi connectivity index (χ2v) is 6.90. The molecule has 0 saturated heterocycles. The third kappa shape index (κ3) is 4.57. The van der Waals surface area contributed by atoms with Crippen LogP contribution in [0.3, 0.4) is 0 Å². The number of aryl methyl sites for hydroxylation is 1. The summed E-state index contributed by atoms with van der Waals surface area (Å²) in [6, 6.07) is 11.6. The molecule has 0 amide bonds. The molecule has 0 bridgehead atoms. The predicted molar refractivity (Wildman–Crippen MR) is 118 cm³/mol. The Labute approximate surface area is 181 Å². The van der Waals surface area contributed by atoms with Gasteiger partial charge in [0.15, 0.2) is 12.8 Å². The first-order valence-corrected chi connectivity index (χ1v) is 9.28. The first-order chi connectivity index (χ1) is 13.2. The second kappa shape index (κ2) is 9.56. The summed E-state index contributed by atoms with van der Waals surface area (Å²) in [5, 5.41) is 6.66. The summed E-state index contributed by atoms with van der Waals surface area (Å²) in [7, 11) is 1.74. The van der Waals surface area contributed by atoms with Crippen LogP contribution < -0.4 is 15.4 Å². The zero-order chi connectivity index (χ0) is 18.6. The SMILES string of the molecule is CN=C(NCc1cc(F)cc2c1OCOC2)NCC1CCc2ccccc21.I. The minimum atomic E-state index is -0.287. The molecule has 2 aromatic carbocycles. The molecule has 0 aromatic heterocycles. The summed E-state index contributed by atoms with van der Waals surface area (Å²) < 4.78 is 24.7. The molecule has 150 valence electrons. The minimum absolute atomic E-state index is 0. The Morgan fingerprint density at radius 1 is 1.21 bits per heavy atom. The summed E-state index contributed by atoms with van der Waals surface area (Å²) >= 11 is 0. The van der Waals surface area contributed by atoms with Crippen LogP contribution in [0.5, 0.6) is 5.75 Å². The van der Waals surface area contributed by atoms with Crippen molar-refractivity contribution in [1.29, 1.82) is 0 Å². The Bertz CT molecular complexity index is 860. The van der Waals surface area contributed by atoms with E-state index in [1.54, 1.807) is 7.05 Å². The highest BCUT2D eigenvalue weighted by Crippen LogP contribution is 2.32. The van der Waals surface area contributed by atoms with E-state index in [1.807, 2.05) is 0 Å². The van der Waals surface area contributed by atoms with E-state index in [1.165, 1.54) is 23.3 Å². The van der Waals surface area contributed by atoms with Gasteiger partial charge in [-0.15, -0.1) is 24.0 Å². The Kier molecular flexibility index (Phi) is 7.12. The van der Waals surface area contributed by atoms with Crippen molar-refractivity contribution in [2.75, 3.05) is 20.4 Å². The molecule has 1 aliphatic carbocycles. The standard InChI is InChI=1S/C21H24FN3O2.HI/c1-23-21(24-10-15-7-6-14-4-2-3-5-19(14)15)25-11-16-8-18(22)9-17-12-26-13-27-20(16)17;/h2-5,8-9,15H,6-7,10-13H2,1H3,(H2,23,24,25);1H. The fourth-order valence-electron chi connectivity index (χ4n) is 3.86. The molecule has 0 spiro atoms. The van der Waals surface area contributed by atoms with Crippen LogP contribution in [-0.4, -0.2) is 26.3 Å². The Morgan fingerprint density at radius 2 is 2.07 bits per heavy atom. The van der Waals surface area contributed by atoms with Gasteiger partial charge in [0.2, 0.25) is 0 Å². The zero-order valence-electron chi connectivity index (χ0n) is 15.8. The van der Waals surface area contributed by atoms with Gasteiger partial charge in [0.05, 0.1) is 6.61 Å². The van der Waals surface area contributed by atoms with Gasteiger partial charge in [-0.3, -0.25) is 4.99 Å². The van der Waals surface area contributed by atoms with Gasteiger partial charge in [0, 0.05) is 37.2 Å². The first kappa shape index (κ1) is 20.9. The van der Waals surface area contributed by atoms with Gasteiger partial charge < -0.3 is 20.1 Å². The van der Waals surface area contributed by atoms with E-state index >= 15 is 0 Å². The average Bonchev–Trinajstić information content (AvgIpc) is 3.11. The van der Waals surface area contributed by atoms with E-state index in [-0.39, 0.29) is 36.6 Å². The number of ether oxygens (including phenoxy) is 2. The van der Waals surface area contributed by atoms with E-state index in [0.717, 1.165) is 30.5 Å². The van der Waals surface area contributed by atoms with E-state index in [0.29, 0.717) is 30.8 Å². The highest BCUT2D eigenvalue weighted by Gasteiger charge is 2.22. The third-order valence-corrected chi connectivity index (χ3v) is 5.19. The molecule has 28 heavy (non-hydrogen) atoms. The highest BCUT2D eigenvalue weighted by molar-refractivity contribution is 14.0. The monoisotopic (exact) mass is 497 g/mol. The Hall–Kier alpha value is -1.87. The quantitative estimate of drug-likeness (QED) is 0.385. The lowest BCUT2D eigenvalue weighted by Crippen LogP contribution is -2.39. The van der Waals surface area contributed by atoms with Gasteiger partial charge >= 0.3 is 0 Å². The maximum absolute atomic E-state index is 13.9. The van der Waals surface area contributed by atoms with Gasteiger partial charge in [0.25, 0.3) is 0 Å². The topological polar surface area (TPSA) is 54.9 Å². The first-order valence-electron chi connectivity index (χ1n) is 9.28. The average molecular weight is 497 g/mol. The van der Waals surface area contributed by atoms with Crippen molar-refractivity contribution in [3.8, 4) is 5.75 Å². The van der Waals surface area contributed by atoms with Crippen molar-refractivity contribution >= 4 is 29.9 Å². The number of hydrogen-bond donors (Lipinski definition) is 2. The molecule has 7 heteroatoms. The summed E-state index contributed by atoms with van der Waals surface area (Å²) in [4.78, 5) is 4.29. The third-order valence-electron chi connectivity index (χ3n) is 5.19. The minimum Gasteiger partial charge on any atom is -0.467 e.